The normalized spacial score (nSPS) is 14.3. The van der Waals surface area contributed by atoms with Gasteiger partial charge in [0.1, 0.15) is 5.60 Å². The summed E-state index contributed by atoms with van der Waals surface area (Å²) in [5.41, 5.74) is 1.75. The third-order valence-electron chi connectivity index (χ3n) is 2.26. The summed E-state index contributed by atoms with van der Waals surface area (Å²) >= 11 is 0. The van der Waals surface area contributed by atoms with Gasteiger partial charge in [-0.15, -0.1) is 0 Å². The number of allylic oxidation sites excluding steroid dienone is 1. The smallest absolute Gasteiger partial charge is 0.151 e. The number of benzene rings is 1. The molecule has 0 fully saturated rings. The lowest BCUT2D eigenvalue weighted by molar-refractivity contribution is -0.122. The molecule has 0 heterocycles. The van der Waals surface area contributed by atoms with Crippen molar-refractivity contribution in [2.45, 2.75) is 25.9 Å². The third-order valence-corrected chi connectivity index (χ3v) is 2.26. The van der Waals surface area contributed by atoms with E-state index in [0.717, 1.165) is 16.7 Å². The predicted octanol–water partition coefficient (Wildman–Crippen LogP) is 2.21. The first kappa shape index (κ1) is 11.7. The zero-order valence-electron chi connectivity index (χ0n) is 9.16. The summed E-state index contributed by atoms with van der Waals surface area (Å²) in [5.74, 6) is 0. The fourth-order valence-electron chi connectivity index (χ4n) is 1.36. The molecule has 0 spiro atoms. The molecule has 0 aromatic heterocycles. The quantitative estimate of drug-likeness (QED) is 0.763. The Kier molecular flexibility index (Phi) is 3.43. The lowest BCUT2D eigenvalue weighted by atomic mass is 9.96. The largest absolute Gasteiger partial charge is 0.382 e. The molecular weight excluding hydrogens is 188 g/mol. The second kappa shape index (κ2) is 4.41. The van der Waals surface area contributed by atoms with Crippen LogP contribution in [0, 0.1) is 0 Å². The SMILES string of the molecule is C=C(C)c1ccc(CC(C)(O)C=O)cc1. The van der Waals surface area contributed by atoms with E-state index in [2.05, 4.69) is 6.58 Å². The van der Waals surface area contributed by atoms with Gasteiger partial charge in [0.2, 0.25) is 0 Å². The molecule has 0 radical (unpaired) electrons. The van der Waals surface area contributed by atoms with Gasteiger partial charge in [0.15, 0.2) is 6.29 Å². The van der Waals surface area contributed by atoms with E-state index < -0.39 is 5.60 Å². The van der Waals surface area contributed by atoms with Crippen LogP contribution in [0.3, 0.4) is 0 Å². The molecule has 1 rings (SSSR count). The van der Waals surface area contributed by atoms with Crippen molar-refractivity contribution in [1.82, 2.24) is 0 Å². The maximum atomic E-state index is 10.5. The van der Waals surface area contributed by atoms with E-state index in [9.17, 15) is 9.90 Å². The molecule has 0 amide bonds. The zero-order chi connectivity index (χ0) is 11.5. The van der Waals surface area contributed by atoms with Crippen LogP contribution in [0.2, 0.25) is 0 Å². The van der Waals surface area contributed by atoms with Gasteiger partial charge >= 0.3 is 0 Å². The van der Waals surface area contributed by atoms with Crippen molar-refractivity contribution < 1.29 is 9.90 Å². The maximum Gasteiger partial charge on any atom is 0.151 e. The molecule has 0 saturated heterocycles. The van der Waals surface area contributed by atoms with E-state index in [4.69, 9.17) is 0 Å². The van der Waals surface area contributed by atoms with Gasteiger partial charge in [0, 0.05) is 6.42 Å². The molecule has 80 valence electrons. The van der Waals surface area contributed by atoms with E-state index in [1.54, 1.807) is 0 Å². The summed E-state index contributed by atoms with van der Waals surface area (Å²) in [6.07, 6.45) is 0.909. The number of hydrogen-bond donors (Lipinski definition) is 1. The Morgan fingerprint density at radius 1 is 1.47 bits per heavy atom. The molecule has 0 aliphatic heterocycles. The standard InChI is InChI=1S/C13H16O2/c1-10(2)12-6-4-11(5-7-12)8-13(3,15)9-14/h4-7,9,15H,1,8H2,2-3H3. The number of carbonyl (C=O) groups excluding carboxylic acids is 1. The minimum atomic E-state index is -1.27. The highest BCUT2D eigenvalue weighted by molar-refractivity contribution is 5.63. The molecule has 2 heteroatoms. The van der Waals surface area contributed by atoms with Crippen molar-refractivity contribution in [3.05, 3.63) is 42.0 Å². The van der Waals surface area contributed by atoms with E-state index in [0.29, 0.717) is 12.7 Å². The van der Waals surface area contributed by atoms with Gasteiger partial charge in [-0.1, -0.05) is 36.4 Å². The van der Waals surface area contributed by atoms with Crippen LogP contribution in [0.1, 0.15) is 25.0 Å². The van der Waals surface area contributed by atoms with Crippen LogP contribution in [0.25, 0.3) is 5.57 Å². The number of aliphatic hydroxyl groups is 1. The van der Waals surface area contributed by atoms with Crippen LogP contribution in [0.15, 0.2) is 30.8 Å². The Hall–Kier alpha value is -1.41. The molecule has 1 aromatic rings. The highest BCUT2D eigenvalue weighted by Crippen LogP contribution is 2.15. The van der Waals surface area contributed by atoms with Crippen LogP contribution in [0.5, 0.6) is 0 Å². The third kappa shape index (κ3) is 3.33. The van der Waals surface area contributed by atoms with Gasteiger partial charge in [0.05, 0.1) is 0 Å². The first-order valence-electron chi connectivity index (χ1n) is 4.88. The van der Waals surface area contributed by atoms with Crippen LogP contribution in [-0.2, 0) is 11.2 Å². The topological polar surface area (TPSA) is 37.3 Å². The summed E-state index contributed by atoms with van der Waals surface area (Å²) in [6.45, 7) is 7.29. The first-order valence-corrected chi connectivity index (χ1v) is 4.88. The summed E-state index contributed by atoms with van der Waals surface area (Å²) in [7, 11) is 0. The summed E-state index contributed by atoms with van der Waals surface area (Å²) in [6, 6.07) is 7.70. The minimum Gasteiger partial charge on any atom is -0.382 e. The van der Waals surface area contributed by atoms with Gasteiger partial charge in [-0.2, -0.15) is 0 Å². The van der Waals surface area contributed by atoms with E-state index in [1.807, 2.05) is 31.2 Å². The average molecular weight is 204 g/mol. The van der Waals surface area contributed by atoms with Gasteiger partial charge in [-0.25, -0.2) is 0 Å². The summed E-state index contributed by atoms with van der Waals surface area (Å²) in [4.78, 5) is 10.5. The van der Waals surface area contributed by atoms with Crippen molar-refractivity contribution >= 4 is 11.9 Å². The molecule has 1 atom stereocenters. The number of rotatable bonds is 4. The summed E-state index contributed by atoms with van der Waals surface area (Å²) in [5, 5.41) is 9.57. The van der Waals surface area contributed by atoms with Crippen LogP contribution < -0.4 is 0 Å². The molecule has 0 aliphatic carbocycles. The number of aldehydes is 1. The highest BCUT2D eigenvalue weighted by Gasteiger charge is 2.19. The second-order valence-electron chi connectivity index (χ2n) is 4.13. The first-order chi connectivity index (χ1) is 6.94. The fraction of sp³-hybridized carbons (Fsp3) is 0.308. The Morgan fingerprint density at radius 2 is 2.00 bits per heavy atom. The summed E-state index contributed by atoms with van der Waals surface area (Å²) < 4.78 is 0. The van der Waals surface area contributed by atoms with Crippen LogP contribution >= 0.6 is 0 Å². The second-order valence-corrected chi connectivity index (χ2v) is 4.13. The van der Waals surface area contributed by atoms with Gasteiger partial charge in [-0.05, 0) is 25.0 Å². The molecule has 1 N–H and O–H groups in total. The Balaban J connectivity index is 2.81. The van der Waals surface area contributed by atoms with Crippen LogP contribution in [0.4, 0.5) is 0 Å². The van der Waals surface area contributed by atoms with E-state index in [-0.39, 0.29) is 0 Å². The van der Waals surface area contributed by atoms with Gasteiger partial charge < -0.3 is 9.90 Å². The molecule has 0 aliphatic rings. The average Bonchev–Trinajstić information content (AvgIpc) is 2.18. The molecule has 2 nitrogen and oxygen atoms in total. The Labute approximate surface area is 90.3 Å². The molecule has 0 saturated carbocycles. The van der Waals surface area contributed by atoms with E-state index in [1.165, 1.54) is 6.92 Å². The zero-order valence-corrected chi connectivity index (χ0v) is 9.16. The number of hydrogen-bond acceptors (Lipinski definition) is 2. The van der Waals surface area contributed by atoms with Crippen molar-refractivity contribution in [3.63, 3.8) is 0 Å². The van der Waals surface area contributed by atoms with Gasteiger partial charge in [-0.3, -0.25) is 0 Å². The molecule has 1 unspecified atom stereocenters. The Bertz CT molecular complexity index is 361. The molecule has 0 bridgehead atoms. The molecule has 15 heavy (non-hydrogen) atoms. The maximum absolute atomic E-state index is 10.5. The predicted molar refractivity (Wildman–Crippen MR) is 61.5 cm³/mol. The van der Waals surface area contributed by atoms with Crippen molar-refractivity contribution in [1.29, 1.82) is 0 Å². The van der Waals surface area contributed by atoms with Crippen LogP contribution in [-0.4, -0.2) is 17.0 Å². The van der Waals surface area contributed by atoms with Gasteiger partial charge in [0.25, 0.3) is 0 Å². The minimum absolute atomic E-state index is 0.340. The fourth-order valence-corrected chi connectivity index (χ4v) is 1.36. The number of carbonyl (C=O) groups is 1. The Morgan fingerprint density at radius 3 is 2.40 bits per heavy atom. The lowest BCUT2D eigenvalue weighted by Gasteiger charge is -2.15. The van der Waals surface area contributed by atoms with E-state index >= 15 is 0 Å². The van der Waals surface area contributed by atoms with Crippen molar-refractivity contribution in [2.75, 3.05) is 0 Å². The van der Waals surface area contributed by atoms with Crippen molar-refractivity contribution in [3.8, 4) is 0 Å². The lowest BCUT2D eigenvalue weighted by Crippen LogP contribution is -2.28. The molecule has 1 aromatic carbocycles. The van der Waals surface area contributed by atoms with Crippen molar-refractivity contribution in [2.24, 2.45) is 0 Å². The monoisotopic (exact) mass is 204 g/mol. The highest BCUT2D eigenvalue weighted by atomic mass is 16.3. The molecular formula is C13H16O2.